The molecule has 0 aliphatic carbocycles. The Morgan fingerprint density at radius 2 is 0.897 bits per heavy atom. The highest BCUT2D eigenvalue weighted by atomic mass is 16.5. The molecule has 0 aromatic heterocycles. The number of unbranched alkanes of at least 4 members (excludes halogenated alkanes) is 31. The van der Waals surface area contributed by atoms with Crippen LogP contribution in [0.15, 0.2) is 36.5 Å². The number of allylic oxidation sites excluding steroid dienone is 5. The van der Waals surface area contributed by atoms with E-state index in [9.17, 15) is 19.8 Å². The molecule has 0 rings (SSSR count). The van der Waals surface area contributed by atoms with Crippen LogP contribution < -0.4 is 5.32 Å². The maximum Gasteiger partial charge on any atom is 0.305 e. The van der Waals surface area contributed by atoms with Crippen molar-refractivity contribution in [3.63, 3.8) is 0 Å². The summed E-state index contributed by atoms with van der Waals surface area (Å²) in [6.07, 6.45) is 57.0. The number of aliphatic hydroxyl groups is 2. The Kier molecular flexibility index (Phi) is 46.2. The zero-order valence-corrected chi connectivity index (χ0v) is 38.5. The van der Waals surface area contributed by atoms with E-state index in [2.05, 4.69) is 43.5 Å². The molecule has 340 valence electrons. The van der Waals surface area contributed by atoms with Crippen molar-refractivity contribution in [1.29, 1.82) is 0 Å². The van der Waals surface area contributed by atoms with Gasteiger partial charge in [0, 0.05) is 12.8 Å². The third-order valence-electron chi connectivity index (χ3n) is 11.4. The number of esters is 1. The van der Waals surface area contributed by atoms with E-state index in [1.807, 2.05) is 6.08 Å². The molecule has 6 nitrogen and oxygen atoms in total. The number of carbonyl (C=O) groups is 2. The van der Waals surface area contributed by atoms with Gasteiger partial charge in [-0.15, -0.1) is 0 Å². The smallest absolute Gasteiger partial charge is 0.305 e. The topological polar surface area (TPSA) is 95.9 Å². The van der Waals surface area contributed by atoms with Crippen molar-refractivity contribution in [1.82, 2.24) is 5.32 Å². The number of carbonyl (C=O) groups excluding carboxylic acids is 2. The molecular weight excluding hydrogens is 719 g/mol. The van der Waals surface area contributed by atoms with Crippen LogP contribution in [-0.4, -0.2) is 47.4 Å². The second kappa shape index (κ2) is 47.8. The number of amides is 1. The summed E-state index contributed by atoms with van der Waals surface area (Å²) in [4.78, 5) is 24.4. The lowest BCUT2D eigenvalue weighted by molar-refractivity contribution is -0.143. The van der Waals surface area contributed by atoms with E-state index in [1.165, 1.54) is 161 Å². The number of rotatable bonds is 46. The zero-order valence-electron chi connectivity index (χ0n) is 38.5. The van der Waals surface area contributed by atoms with E-state index >= 15 is 0 Å². The molecule has 0 spiro atoms. The molecule has 0 aromatic carbocycles. The lowest BCUT2D eigenvalue weighted by Crippen LogP contribution is -2.45. The molecule has 0 saturated heterocycles. The summed E-state index contributed by atoms with van der Waals surface area (Å²) >= 11 is 0. The molecule has 6 heteroatoms. The second-order valence-corrected chi connectivity index (χ2v) is 17.1. The highest BCUT2D eigenvalue weighted by Gasteiger charge is 2.18. The number of ether oxygens (including phenoxy) is 1. The minimum Gasteiger partial charge on any atom is -0.466 e. The molecule has 0 fully saturated rings. The van der Waals surface area contributed by atoms with Crippen LogP contribution in [-0.2, 0) is 14.3 Å². The zero-order chi connectivity index (χ0) is 42.3. The Labute approximate surface area is 360 Å². The minimum absolute atomic E-state index is 0.0312. The van der Waals surface area contributed by atoms with Crippen molar-refractivity contribution < 1.29 is 24.5 Å². The molecular formula is C52H97NO5. The largest absolute Gasteiger partial charge is 0.466 e. The molecule has 58 heavy (non-hydrogen) atoms. The van der Waals surface area contributed by atoms with Crippen molar-refractivity contribution >= 4 is 11.9 Å². The van der Waals surface area contributed by atoms with Crippen LogP contribution in [0.3, 0.4) is 0 Å². The molecule has 2 unspecified atom stereocenters. The van der Waals surface area contributed by atoms with Gasteiger partial charge in [-0.25, -0.2) is 0 Å². The van der Waals surface area contributed by atoms with Crippen LogP contribution >= 0.6 is 0 Å². The first-order valence-electron chi connectivity index (χ1n) is 25.3. The third-order valence-corrected chi connectivity index (χ3v) is 11.4. The Hall–Kier alpha value is -1.92. The summed E-state index contributed by atoms with van der Waals surface area (Å²) in [7, 11) is 0. The van der Waals surface area contributed by atoms with Gasteiger partial charge in [0.15, 0.2) is 0 Å². The molecule has 3 N–H and O–H groups in total. The summed E-state index contributed by atoms with van der Waals surface area (Å²) in [5.41, 5.74) is 0. The first-order valence-corrected chi connectivity index (χ1v) is 25.3. The first kappa shape index (κ1) is 56.1. The average Bonchev–Trinajstić information content (AvgIpc) is 3.22. The van der Waals surface area contributed by atoms with Crippen LogP contribution in [0.4, 0.5) is 0 Å². The van der Waals surface area contributed by atoms with E-state index < -0.39 is 12.1 Å². The number of aliphatic hydroxyl groups excluding tert-OH is 2. The molecule has 1 amide bonds. The molecule has 0 radical (unpaired) electrons. The van der Waals surface area contributed by atoms with Gasteiger partial charge in [0.2, 0.25) is 5.91 Å². The Morgan fingerprint density at radius 3 is 1.38 bits per heavy atom. The van der Waals surface area contributed by atoms with Crippen molar-refractivity contribution in [2.24, 2.45) is 0 Å². The molecule has 0 aliphatic heterocycles. The molecule has 0 aromatic rings. The average molecular weight is 816 g/mol. The fraction of sp³-hybridized carbons (Fsp3) is 0.846. The Bertz CT molecular complexity index is 946. The minimum atomic E-state index is -0.858. The number of hydrogen-bond donors (Lipinski definition) is 3. The van der Waals surface area contributed by atoms with E-state index in [0.717, 1.165) is 70.6 Å². The monoisotopic (exact) mass is 816 g/mol. The maximum atomic E-state index is 12.4. The van der Waals surface area contributed by atoms with Crippen LogP contribution in [0.2, 0.25) is 0 Å². The Morgan fingerprint density at radius 1 is 0.483 bits per heavy atom. The van der Waals surface area contributed by atoms with Crippen molar-refractivity contribution in [3.05, 3.63) is 36.5 Å². The van der Waals surface area contributed by atoms with Crippen LogP contribution in [0, 0.1) is 0 Å². The summed E-state index contributed by atoms with van der Waals surface area (Å²) in [6.45, 7) is 4.79. The molecule has 0 heterocycles. The highest BCUT2D eigenvalue weighted by Crippen LogP contribution is 2.15. The fourth-order valence-electron chi connectivity index (χ4n) is 7.49. The predicted molar refractivity (Wildman–Crippen MR) is 250 cm³/mol. The van der Waals surface area contributed by atoms with Gasteiger partial charge in [0.05, 0.1) is 25.4 Å². The molecule has 2 atom stereocenters. The van der Waals surface area contributed by atoms with E-state index in [1.54, 1.807) is 6.08 Å². The van der Waals surface area contributed by atoms with E-state index in [-0.39, 0.29) is 18.5 Å². The molecule has 0 aliphatic rings. The van der Waals surface area contributed by atoms with E-state index in [4.69, 9.17) is 4.74 Å². The SMILES string of the molecule is CCC/C=C\C/C=C\CCCCCCCC(=O)OCCCCCCCCCCCCCC(=O)NC(CO)C(O)/C=C/CCCCCCCCCCCCCCCCC. The summed E-state index contributed by atoms with van der Waals surface area (Å²) in [5, 5.41) is 23.1. The third kappa shape index (κ3) is 43.7. The highest BCUT2D eigenvalue weighted by molar-refractivity contribution is 5.76. The Balaban J connectivity index is 3.53. The fourth-order valence-corrected chi connectivity index (χ4v) is 7.49. The lowest BCUT2D eigenvalue weighted by atomic mass is 10.0. The second-order valence-electron chi connectivity index (χ2n) is 17.1. The quantitative estimate of drug-likeness (QED) is 0.0323. The van der Waals surface area contributed by atoms with Gasteiger partial charge in [-0.2, -0.15) is 0 Å². The van der Waals surface area contributed by atoms with Gasteiger partial charge in [0.25, 0.3) is 0 Å². The van der Waals surface area contributed by atoms with Gasteiger partial charge in [-0.3, -0.25) is 9.59 Å². The number of hydrogen-bond acceptors (Lipinski definition) is 5. The molecule has 0 bridgehead atoms. The van der Waals surface area contributed by atoms with Gasteiger partial charge >= 0.3 is 5.97 Å². The normalized spacial score (nSPS) is 13.0. The number of nitrogens with one attached hydrogen (secondary N) is 1. The summed E-state index contributed by atoms with van der Waals surface area (Å²) < 4.78 is 5.44. The van der Waals surface area contributed by atoms with Crippen LogP contribution in [0.25, 0.3) is 0 Å². The predicted octanol–water partition coefficient (Wildman–Crippen LogP) is 14.9. The van der Waals surface area contributed by atoms with Crippen molar-refractivity contribution in [2.45, 2.75) is 270 Å². The molecule has 0 saturated carbocycles. The van der Waals surface area contributed by atoms with Gasteiger partial charge in [-0.1, -0.05) is 224 Å². The van der Waals surface area contributed by atoms with Gasteiger partial charge < -0.3 is 20.3 Å². The van der Waals surface area contributed by atoms with Crippen LogP contribution in [0.5, 0.6) is 0 Å². The van der Waals surface area contributed by atoms with Crippen molar-refractivity contribution in [2.75, 3.05) is 13.2 Å². The lowest BCUT2D eigenvalue weighted by Gasteiger charge is -2.20. The van der Waals surface area contributed by atoms with Gasteiger partial charge in [-0.05, 0) is 57.8 Å². The first-order chi connectivity index (χ1) is 28.5. The van der Waals surface area contributed by atoms with Crippen molar-refractivity contribution in [3.8, 4) is 0 Å². The maximum absolute atomic E-state index is 12.4. The standard InChI is InChI=1S/C52H97NO5/c1-3-5-7-9-11-13-15-17-18-19-20-22-24-28-32-36-40-44-50(55)49(48-54)53-51(56)45-41-37-33-29-25-23-27-31-35-39-43-47-58-52(57)46-42-38-34-30-26-21-16-14-12-10-8-6-4-2/h8,10,14,16,40,44,49-50,54-55H,3-7,9,11-13,15,17-39,41-43,45-48H2,1-2H3,(H,53,56)/b10-8-,16-14-,44-40+. The summed E-state index contributed by atoms with van der Waals surface area (Å²) in [5.74, 6) is -0.119. The van der Waals surface area contributed by atoms with Gasteiger partial charge in [0.1, 0.15) is 0 Å². The summed E-state index contributed by atoms with van der Waals surface area (Å²) in [6, 6.07) is -0.643. The van der Waals surface area contributed by atoms with E-state index in [0.29, 0.717) is 19.4 Å². The van der Waals surface area contributed by atoms with Crippen LogP contribution in [0.1, 0.15) is 258 Å².